The molecular weight excluding hydrogens is 472 g/mol. The topological polar surface area (TPSA) is 96.4 Å². The van der Waals surface area contributed by atoms with Gasteiger partial charge in [-0.05, 0) is 56.5 Å². The van der Waals surface area contributed by atoms with E-state index in [1.54, 1.807) is 47.4 Å². The number of ketones is 1. The number of ether oxygens (including phenoxy) is 2. The Labute approximate surface area is 215 Å². The van der Waals surface area contributed by atoms with E-state index in [0.29, 0.717) is 42.3 Å². The number of rotatable bonds is 7. The van der Waals surface area contributed by atoms with Crippen LogP contribution in [-0.2, 0) is 24.7 Å². The van der Waals surface area contributed by atoms with E-state index in [1.165, 1.54) is 4.90 Å². The maximum absolute atomic E-state index is 14.2. The SMILES string of the molecule is C=CCOc1ccc(C(O)=C2C(=O)C(=O)N(C[C@@H]3CCCO3)[C@@]23C(=O)N(CC)c2ccccc23)cc1C. The summed E-state index contributed by atoms with van der Waals surface area (Å²) >= 11 is 0. The molecule has 3 heterocycles. The molecule has 2 fully saturated rings. The second kappa shape index (κ2) is 9.52. The summed E-state index contributed by atoms with van der Waals surface area (Å²) in [6, 6.07) is 12.1. The molecule has 0 bridgehead atoms. The van der Waals surface area contributed by atoms with Crippen LogP contribution >= 0.6 is 0 Å². The van der Waals surface area contributed by atoms with Crippen molar-refractivity contribution in [2.45, 2.75) is 38.3 Å². The Kier molecular flexibility index (Phi) is 6.37. The minimum Gasteiger partial charge on any atom is -0.507 e. The molecule has 192 valence electrons. The van der Waals surface area contributed by atoms with Gasteiger partial charge in [0.1, 0.15) is 18.1 Å². The van der Waals surface area contributed by atoms with Gasteiger partial charge in [-0.3, -0.25) is 14.4 Å². The van der Waals surface area contributed by atoms with Gasteiger partial charge in [-0.15, -0.1) is 0 Å². The van der Waals surface area contributed by atoms with Gasteiger partial charge in [0.2, 0.25) is 0 Å². The number of anilines is 1. The van der Waals surface area contributed by atoms with Crippen LogP contribution in [-0.4, -0.2) is 60.0 Å². The van der Waals surface area contributed by atoms with Crippen molar-refractivity contribution in [2.75, 3.05) is 31.2 Å². The van der Waals surface area contributed by atoms with Crippen LogP contribution in [0.15, 0.2) is 60.7 Å². The van der Waals surface area contributed by atoms with E-state index in [4.69, 9.17) is 9.47 Å². The zero-order valence-corrected chi connectivity index (χ0v) is 21.0. The van der Waals surface area contributed by atoms with Crippen molar-refractivity contribution in [3.8, 4) is 5.75 Å². The number of benzene rings is 2. The molecule has 3 aliphatic heterocycles. The number of aryl methyl sites for hydroxylation is 1. The van der Waals surface area contributed by atoms with E-state index in [2.05, 4.69) is 6.58 Å². The summed E-state index contributed by atoms with van der Waals surface area (Å²) in [6.45, 7) is 8.61. The van der Waals surface area contributed by atoms with Gasteiger partial charge in [0.25, 0.3) is 17.6 Å². The standard InChI is InChI=1S/C29H30N2O6/c1-4-14-37-23-13-12-19(16-18(23)3)25(32)24-26(33)27(34)31(17-20-9-8-15-36-20)29(24)21-10-6-7-11-22(21)30(5-2)28(29)35/h4,6-7,10-13,16,20,32H,1,5,8-9,14-15,17H2,2-3H3/t20-,29+/m0/s1. The highest BCUT2D eigenvalue weighted by Crippen LogP contribution is 2.53. The highest BCUT2D eigenvalue weighted by molar-refractivity contribution is 6.50. The van der Waals surface area contributed by atoms with Gasteiger partial charge in [-0.25, -0.2) is 0 Å². The van der Waals surface area contributed by atoms with Gasteiger partial charge in [-0.2, -0.15) is 0 Å². The van der Waals surface area contributed by atoms with Gasteiger partial charge < -0.3 is 24.4 Å². The number of nitrogens with zero attached hydrogens (tertiary/aromatic N) is 2. The number of fused-ring (bicyclic) bond motifs is 2. The van der Waals surface area contributed by atoms with E-state index in [9.17, 15) is 19.5 Å². The second-order valence-electron chi connectivity index (χ2n) is 9.46. The molecule has 1 spiro atoms. The molecule has 5 rings (SSSR count). The zero-order valence-electron chi connectivity index (χ0n) is 21.0. The van der Waals surface area contributed by atoms with Gasteiger partial charge in [-0.1, -0.05) is 30.9 Å². The molecule has 2 amide bonds. The van der Waals surface area contributed by atoms with Crippen LogP contribution < -0.4 is 9.64 Å². The fourth-order valence-corrected chi connectivity index (χ4v) is 5.67. The fourth-order valence-electron chi connectivity index (χ4n) is 5.67. The number of aliphatic hydroxyl groups excluding tert-OH is 1. The lowest BCUT2D eigenvalue weighted by molar-refractivity contribution is -0.145. The molecule has 2 atom stereocenters. The molecule has 2 aromatic rings. The minimum atomic E-state index is -1.78. The van der Waals surface area contributed by atoms with E-state index in [1.807, 2.05) is 19.9 Å². The van der Waals surface area contributed by atoms with Crippen molar-refractivity contribution < 1.29 is 29.0 Å². The fraction of sp³-hybridized carbons (Fsp3) is 0.345. The number of likely N-dealkylation sites (tertiary alicyclic amines) is 1. The van der Waals surface area contributed by atoms with Crippen LogP contribution in [0.3, 0.4) is 0 Å². The molecule has 0 saturated carbocycles. The Morgan fingerprint density at radius 1 is 1.24 bits per heavy atom. The smallest absolute Gasteiger partial charge is 0.296 e. The average Bonchev–Trinajstić information content (AvgIpc) is 3.56. The molecule has 0 aliphatic carbocycles. The molecule has 2 saturated heterocycles. The number of carbonyl (C=O) groups excluding carboxylic acids is 3. The second-order valence-corrected chi connectivity index (χ2v) is 9.46. The summed E-state index contributed by atoms with van der Waals surface area (Å²) in [5.74, 6) is -1.93. The molecule has 0 radical (unpaired) electrons. The maximum atomic E-state index is 14.2. The molecule has 2 aromatic carbocycles. The number of likely N-dealkylation sites (N-methyl/N-ethyl adjacent to an activating group) is 1. The third-order valence-corrected chi connectivity index (χ3v) is 7.34. The summed E-state index contributed by atoms with van der Waals surface area (Å²) in [7, 11) is 0. The van der Waals surface area contributed by atoms with Crippen LogP contribution in [0.2, 0.25) is 0 Å². The van der Waals surface area contributed by atoms with Crippen molar-refractivity contribution in [1.29, 1.82) is 0 Å². The number of aliphatic hydroxyl groups is 1. The summed E-state index contributed by atoms with van der Waals surface area (Å²) < 4.78 is 11.4. The third kappa shape index (κ3) is 3.66. The van der Waals surface area contributed by atoms with Crippen LogP contribution in [0.1, 0.15) is 36.5 Å². The van der Waals surface area contributed by atoms with Gasteiger partial charge in [0.15, 0.2) is 5.54 Å². The van der Waals surface area contributed by atoms with Crippen molar-refractivity contribution in [3.63, 3.8) is 0 Å². The molecule has 8 nitrogen and oxygen atoms in total. The summed E-state index contributed by atoms with van der Waals surface area (Å²) in [5.41, 5.74) is 0.166. The van der Waals surface area contributed by atoms with Crippen LogP contribution in [0.4, 0.5) is 5.69 Å². The van der Waals surface area contributed by atoms with Crippen molar-refractivity contribution >= 4 is 29.0 Å². The summed E-state index contributed by atoms with van der Waals surface area (Å²) in [5, 5.41) is 11.6. The monoisotopic (exact) mass is 502 g/mol. The first-order chi connectivity index (χ1) is 17.9. The molecule has 37 heavy (non-hydrogen) atoms. The number of hydrogen-bond donors (Lipinski definition) is 1. The van der Waals surface area contributed by atoms with Gasteiger partial charge >= 0.3 is 0 Å². The van der Waals surface area contributed by atoms with E-state index in [-0.39, 0.29) is 18.2 Å². The summed E-state index contributed by atoms with van der Waals surface area (Å²) in [4.78, 5) is 44.3. The van der Waals surface area contributed by atoms with Crippen molar-refractivity contribution in [1.82, 2.24) is 4.90 Å². The minimum absolute atomic E-state index is 0.0757. The Morgan fingerprint density at radius 3 is 2.70 bits per heavy atom. The quantitative estimate of drug-likeness (QED) is 0.269. The highest BCUT2D eigenvalue weighted by Gasteiger charge is 2.67. The Hall–Kier alpha value is -3.91. The van der Waals surface area contributed by atoms with E-state index >= 15 is 0 Å². The molecule has 3 aliphatic rings. The number of hydrogen-bond acceptors (Lipinski definition) is 6. The lowest BCUT2D eigenvalue weighted by atomic mass is 9.81. The number of amides is 2. The van der Waals surface area contributed by atoms with Crippen LogP contribution in [0, 0.1) is 6.92 Å². The Morgan fingerprint density at radius 2 is 2.03 bits per heavy atom. The lowest BCUT2D eigenvalue weighted by Gasteiger charge is -2.35. The van der Waals surface area contributed by atoms with Crippen LogP contribution in [0.5, 0.6) is 5.75 Å². The highest BCUT2D eigenvalue weighted by atomic mass is 16.5. The van der Waals surface area contributed by atoms with Crippen molar-refractivity contribution in [2.24, 2.45) is 0 Å². The first kappa shape index (κ1) is 24.8. The predicted molar refractivity (Wildman–Crippen MR) is 138 cm³/mol. The predicted octanol–water partition coefficient (Wildman–Crippen LogP) is 3.68. The molecule has 8 heteroatoms. The number of Topliss-reactive ketones (excluding diaryl/α,β-unsaturated/α-hetero) is 1. The first-order valence-corrected chi connectivity index (χ1v) is 12.5. The Bertz CT molecular complexity index is 1330. The summed E-state index contributed by atoms with van der Waals surface area (Å²) in [6.07, 6.45) is 2.89. The zero-order chi connectivity index (χ0) is 26.3. The molecular formula is C29H30N2O6. The molecule has 1 N–H and O–H groups in total. The average molecular weight is 503 g/mol. The normalized spacial score (nSPS) is 24.3. The maximum Gasteiger partial charge on any atom is 0.296 e. The largest absolute Gasteiger partial charge is 0.507 e. The number of carbonyl (C=O) groups is 3. The van der Waals surface area contributed by atoms with E-state index < -0.39 is 28.9 Å². The van der Waals surface area contributed by atoms with Crippen molar-refractivity contribution in [3.05, 3.63) is 77.4 Å². The Balaban J connectivity index is 1.73. The van der Waals surface area contributed by atoms with E-state index in [0.717, 1.165) is 18.4 Å². The van der Waals surface area contributed by atoms with Gasteiger partial charge in [0.05, 0.1) is 17.4 Å². The lowest BCUT2D eigenvalue weighted by Crippen LogP contribution is -2.53. The van der Waals surface area contributed by atoms with Crippen LogP contribution in [0.25, 0.3) is 5.76 Å². The third-order valence-electron chi connectivity index (χ3n) is 7.34. The molecule has 0 aromatic heterocycles. The first-order valence-electron chi connectivity index (χ1n) is 12.5. The molecule has 0 unspecified atom stereocenters. The number of para-hydroxylation sites is 1. The van der Waals surface area contributed by atoms with Gasteiger partial charge in [0, 0.05) is 30.8 Å².